The zero-order valence-corrected chi connectivity index (χ0v) is 25.2. The van der Waals surface area contributed by atoms with Gasteiger partial charge in [0.15, 0.2) is 0 Å². The maximum absolute atomic E-state index is 13.6. The fraction of sp³-hybridized carbons (Fsp3) is 0.412. The van der Waals surface area contributed by atoms with Crippen molar-refractivity contribution in [1.29, 1.82) is 0 Å². The third-order valence-electron chi connectivity index (χ3n) is 8.52. The van der Waals surface area contributed by atoms with Crippen LogP contribution < -0.4 is 18.5 Å². The topological polar surface area (TPSA) is 50.7 Å². The number of esters is 1. The van der Waals surface area contributed by atoms with Crippen LogP contribution in [0.3, 0.4) is 0 Å². The fourth-order valence-electron chi connectivity index (χ4n) is 6.44. The normalized spacial score (nSPS) is 17.5. The van der Waals surface area contributed by atoms with Gasteiger partial charge in [-0.3, -0.25) is 0 Å². The predicted octanol–water partition coefficient (Wildman–Crippen LogP) is 5.70. The molecule has 3 aromatic rings. The molecule has 5 rings (SSSR count). The second-order valence-electron chi connectivity index (χ2n) is 11.2. The first-order valence-corrected chi connectivity index (χ1v) is 19.6. The third-order valence-corrected chi connectivity index (χ3v) is 18.9. The molecule has 0 heterocycles. The summed E-state index contributed by atoms with van der Waals surface area (Å²) in [5.74, 6) is -0.175. The number of nitrogens with one attached hydrogen (secondary N) is 1. The Balaban J connectivity index is 1.40. The maximum atomic E-state index is 13.6. The van der Waals surface area contributed by atoms with Gasteiger partial charge in [-0.2, -0.15) is 0 Å². The van der Waals surface area contributed by atoms with Crippen molar-refractivity contribution in [2.24, 2.45) is 4.99 Å². The van der Waals surface area contributed by atoms with E-state index in [-0.39, 0.29) is 12.0 Å². The number of nitrogens with zero attached hydrogens (tertiary/aromatic N) is 1. The van der Waals surface area contributed by atoms with E-state index in [4.69, 9.17) is 9.73 Å². The van der Waals surface area contributed by atoms with Gasteiger partial charge in [-0.25, -0.2) is 0 Å². The van der Waals surface area contributed by atoms with E-state index >= 15 is 0 Å². The van der Waals surface area contributed by atoms with Gasteiger partial charge in [-0.15, -0.1) is 0 Å². The van der Waals surface area contributed by atoms with E-state index in [1.54, 1.807) is 0 Å². The molecule has 0 spiro atoms. The first-order valence-electron chi connectivity index (χ1n) is 15.0. The molecule has 0 aliphatic heterocycles. The van der Waals surface area contributed by atoms with Crippen LogP contribution in [0.5, 0.6) is 0 Å². The van der Waals surface area contributed by atoms with E-state index in [2.05, 4.69) is 96.3 Å². The van der Waals surface area contributed by atoms with E-state index in [9.17, 15) is 4.79 Å². The number of hydrogen-bond acceptors (Lipinski definition) is 3. The molecule has 0 saturated heterocycles. The molecule has 2 aliphatic rings. The summed E-state index contributed by atoms with van der Waals surface area (Å²) in [4.78, 5) is 18.5. The summed E-state index contributed by atoms with van der Waals surface area (Å²) in [7, 11) is 0. The summed E-state index contributed by atoms with van der Waals surface area (Å²) >= 11 is -3.19. The molecule has 5 heteroatoms. The first kappa shape index (κ1) is 27.7. The van der Waals surface area contributed by atoms with Crippen LogP contribution in [0, 0.1) is 0 Å². The Kier molecular flexibility index (Phi) is 9.93. The zero-order chi connectivity index (χ0) is 26.8. The predicted molar refractivity (Wildman–Crippen MR) is 164 cm³/mol. The molecule has 0 bridgehead atoms. The van der Waals surface area contributed by atoms with E-state index in [1.165, 1.54) is 51.7 Å². The molecular formula is C34H42GeN2O2. The molecule has 0 unspecified atom stereocenters. The molecule has 0 atom stereocenters. The molecule has 204 valence electrons. The summed E-state index contributed by atoms with van der Waals surface area (Å²) in [6.45, 7) is 0. The quantitative estimate of drug-likeness (QED) is 0.160. The van der Waals surface area contributed by atoms with Gasteiger partial charge in [0.05, 0.1) is 0 Å². The Hall–Kier alpha value is -2.86. The molecule has 2 saturated carbocycles. The van der Waals surface area contributed by atoms with E-state index in [0.717, 1.165) is 30.9 Å². The SMILES string of the molecule is O=C(C[CH2][Ge]([c]1ccccc1)([c]1ccccc1)[c]1ccccc1)OC(=NC1CCCCC1)NC1CCCCC1. The molecule has 1 N–H and O–H groups in total. The molecular weight excluding hydrogens is 541 g/mol. The van der Waals surface area contributed by atoms with Gasteiger partial charge in [-0.05, 0) is 0 Å². The fourth-order valence-corrected chi connectivity index (χ4v) is 16.4. The van der Waals surface area contributed by atoms with Crippen molar-refractivity contribution < 1.29 is 9.53 Å². The second kappa shape index (κ2) is 14.0. The average Bonchev–Trinajstić information content (AvgIpc) is 3.00. The first-order chi connectivity index (χ1) is 19.2. The standard InChI is InChI=1S/C34H42GeN2O2/c38-33(39-34(36-31-22-12-4-13-23-31)37-32-24-14-5-15-25-32)26-27-35(28-16-6-1-7-17-28,29-18-8-2-9-19-29)30-20-10-3-11-21-30/h1-3,6-11,16-21,31-32H,4-5,12-15,22-27H2,(H,36,37). The van der Waals surface area contributed by atoms with Gasteiger partial charge in [0.25, 0.3) is 0 Å². The number of carbonyl (C=O) groups is 1. The van der Waals surface area contributed by atoms with E-state index < -0.39 is 13.3 Å². The van der Waals surface area contributed by atoms with E-state index in [0.29, 0.717) is 18.5 Å². The van der Waals surface area contributed by atoms with Gasteiger partial charge in [0.1, 0.15) is 0 Å². The number of ether oxygens (including phenoxy) is 1. The number of hydrogen-bond donors (Lipinski definition) is 1. The van der Waals surface area contributed by atoms with Gasteiger partial charge >= 0.3 is 237 Å². The van der Waals surface area contributed by atoms with Crippen LogP contribution in [-0.4, -0.2) is 37.3 Å². The van der Waals surface area contributed by atoms with Crippen molar-refractivity contribution in [1.82, 2.24) is 5.32 Å². The van der Waals surface area contributed by atoms with Crippen molar-refractivity contribution in [2.75, 3.05) is 0 Å². The molecule has 2 fully saturated rings. The van der Waals surface area contributed by atoms with E-state index in [1.807, 2.05) is 0 Å². The van der Waals surface area contributed by atoms with Crippen LogP contribution in [0.15, 0.2) is 96.0 Å². The zero-order valence-electron chi connectivity index (χ0n) is 23.1. The third kappa shape index (κ3) is 7.22. The van der Waals surface area contributed by atoms with Crippen molar-refractivity contribution in [3.8, 4) is 0 Å². The molecule has 39 heavy (non-hydrogen) atoms. The molecule has 0 radical (unpaired) electrons. The van der Waals surface area contributed by atoms with Crippen LogP contribution in [0.1, 0.15) is 70.6 Å². The molecule has 0 aromatic heterocycles. The van der Waals surface area contributed by atoms with Gasteiger partial charge in [0, 0.05) is 0 Å². The van der Waals surface area contributed by atoms with Crippen LogP contribution in [0.25, 0.3) is 0 Å². The number of carbonyl (C=O) groups excluding carboxylic acids is 1. The Morgan fingerprint density at radius 3 is 1.64 bits per heavy atom. The number of rotatable bonds is 8. The van der Waals surface area contributed by atoms with Crippen molar-refractivity contribution in [3.05, 3.63) is 91.0 Å². The van der Waals surface area contributed by atoms with Gasteiger partial charge < -0.3 is 0 Å². The summed E-state index contributed by atoms with van der Waals surface area (Å²) < 4.78 is 10.2. The number of benzene rings is 3. The minimum absolute atomic E-state index is 0.175. The van der Waals surface area contributed by atoms with Crippen LogP contribution >= 0.6 is 0 Å². The van der Waals surface area contributed by atoms with Crippen molar-refractivity contribution >= 4 is 38.4 Å². The minimum atomic E-state index is -3.19. The van der Waals surface area contributed by atoms with Gasteiger partial charge in [-0.1, -0.05) is 0 Å². The number of amidine groups is 1. The van der Waals surface area contributed by atoms with Crippen LogP contribution in [0.4, 0.5) is 0 Å². The summed E-state index contributed by atoms with van der Waals surface area (Å²) in [6, 6.07) is 33.6. The summed E-state index contributed by atoms with van der Waals surface area (Å²) in [5, 5.41) is 4.34. The monoisotopic (exact) mass is 584 g/mol. The Morgan fingerprint density at radius 1 is 0.692 bits per heavy atom. The Labute approximate surface area is 236 Å². The van der Waals surface area contributed by atoms with Crippen LogP contribution in [0.2, 0.25) is 5.25 Å². The molecule has 0 amide bonds. The van der Waals surface area contributed by atoms with Gasteiger partial charge in [0.2, 0.25) is 0 Å². The average molecular weight is 583 g/mol. The summed E-state index contributed by atoms with van der Waals surface area (Å²) in [6.07, 6.45) is 12.2. The van der Waals surface area contributed by atoms with Crippen molar-refractivity contribution in [2.45, 2.75) is 88.0 Å². The second-order valence-corrected chi connectivity index (χ2v) is 19.7. The molecule has 4 nitrogen and oxygen atoms in total. The number of aliphatic imine (C=N–C) groups is 1. The van der Waals surface area contributed by atoms with Crippen molar-refractivity contribution in [3.63, 3.8) is 0 Å². The Bertz CT molecular complexity index is 1090. The molecule has 2 aliphatic carbocycles. The van der Waals surface area contributed by atoms with Crippen LogP contribution in [-0.2, 0) is 9.53 Å². The molecule has 3 aromatic carbocycles. The summed E-state index contributed by atoms with van der Waals surface area (Å²) in [5.41, 5.74) is 0. The Morgan fingerprint density at radius 2 is 1.15 bits per heavy atom.